The Bertz CT molecular complexity index is 289. The van der Waals surface area contributed by atoms with Gasteiger partial charge in [-0.05, 0) is 18.5 Å². The molecule has 1 fully saturated rings. The van der Waals surface area contributed by atoms with E-state index in [9.17, 15) is 9.59 Å². The fraction of sp³-hybridized carbons (Fsp3) is 0.818. The molecule has 0 bridgehead atoms. The van der Waals surface area contributed by atoms with E-state index < -0.39 is 0 Å². The zero-order chi connectivity index (χ0) is 12.3. The Morgan fingerprint density at radius 3 is 2.50 bits per heavy atom. The molecule has 1 atom stereocenters. The highest BCUT2D eigenvalue weighted by atomic mass is 16.2. The van der Waals surface area contributed by atoms with Crippen molar-refractivity contribution in [2.24, 2.45) is 11.1 Å². The Balaban J connectivity index is 2.68. The summed E-state index contributed by atoms with van der Waals surface area (Å²) >= 11 is 0. The molecule has 3 N–H and O–H groups in total. The fourth-order valence-corrected chi connectivity index (χ4v) is 1.89. The van der Waals surface area contributed by atoms with Gasteiger partial charge in [0.05, 0.1) is 12.5 Å². The number of hydrogen-bond donors (Lipinski definition) is 2. The van der Waals surface area contributed by atoms with Crippen molar-refractivity contribution in [2.45, 2.75) is 33.2 Å². The summed E-state index contributed by atoms with van der Waals surface area (Å²) in [6.45, 7) is 8.14. The summed E-state index contributed by atoms with van der Waals surface area (Å²) in [7, 11) is 0. The quantitative estimate of drug-likeness (QED) is 0.633. The third-order valence-electron chi connectivity index (χ3n) is 2.97. The van der Waals surface area contributed by atoms with Crippen LogP contribution in [0.5, 0.6) is 0 Å². The molecule has 92 valence electrons. The topological polar surface area (TPSA) is 75.4 Å². The molecular weight excluding hydrogens is 206 g/mol. The van der Waals surface area contributed by atoms with E-state index in [-0.39, 0.29) is 29.7 Å². The second kappa shape index (κ2) is 4.93. The van der Waals surface area contributed by atoms with Crippen molar-refractivity contribution >= 4 is 11.8 Å². The van der Waals surface area contributed by atoms with E-state index in [2.05, 4.69) is 19.2 Å². The highest BCUT2D eigenvalue weighted by Gasteiger charge is 2.36. The molecule has 0 aromatic carbocycles. The smallest absolute Gasteiger partial charge is 0.244 e. The van der Waals surface area contributed by atoms with E-state index in [1.807, 2.05) is 11.8 Å². The van der Waals surface area contributed by atoms with Crippen LogP contribution in [0.3, 0.4) is 0 Å². The number of likely N-dealkylation sites (N-methyl/N-ethyl adjacent to an activating group) is 1. The van der Waals surface area contributed by atoms with Crippen molar-refractivity contribution in [3.8, 4) is 0 Å². The first-order valence-electron chi connectivity index (χ1n) is 5.67. The molecule has 1 aliphatic heterocycles. The Morgan fingerprint density at radius 1 is 1.50 bits per heavy atom. The number of carbonyl (C=O) groups is 2. The van der Waals surface area contributed by atoms with E-state index in [1.54, 1.807) is 0 Å². The standard InChI is InChI=1S/C11H21N3O2/c1-4-14(7-11(2,3)6-12)8-5-9(15)13-10(8)16/h8H,4-7,12H2,1-3H3,(H,13,15,16). The van der Waals surface area contributed by atoms with Crippen molar-refractivity contribution in [2.75, 3.05) is 19.6 Å². The van der Waals surface area contributed by atoms with Gasteiger partial charge in [0.1, 0.15) is 0 Å². The van der Waals surface area contributed by atoms with Crippen molar-refractivity contribution in [1.82, 2.24) is 10.2 Å². The molecule has 2 amide bonds. The molecule has 5 heteroatoms. The van der Waals surface area contributed by atoms with E-state index in [4.69, 9.17) is 5.73 Å². The minimum absolute atomic E-state index is 0.0398. The summed E-state index contributed by atoms with van der Waals surface area (Å²) in [6, 6.07) is -0.316. The summed E-state index contributed by atoms with van der Waals surface area (Å²) in [5.74, 6) is -0.362. The average Bonchev–Trinajstić information content (AvgIpc) is 2.54. The van der Waals surface area contributed by atoms with Gasteiger partial charge in [0.15, 0.2) is 0 Å². The maximum Gasteiger partial charge on any atom is 0.244 e. The molecule has 1 aliphatic rings. The molecule has 1 rings (SSSR count). The Labute approximate surface area is 96.4 Å². The van der Waals surface area contributed by atoms with Gasteiger partial charge >= 0.3 is 0 Å². The second-order valence-corrected chi connectivity index (χ2v) is 5.06. The van der Waals surface area contributed by atoms with Crippen LogP contribution in [0.15, 0.2) is 0 Å². The van der Waals surface area contributed by atoms with Crippen LogP contribution in [0.25, 0.3) is 0 Å². The SMILES string of the molecule is CCN(CC(C)(C)CN)C1CC(=O)NC1=O. The first kappa shape index (κ1) is 13.1. The summed E-state index contributed by atoms with van der Waals surface area (Å²) in [4.78, 5) is 24.7. The van der Waals surface area contributed by atoms with Crippen molar-refractivity contribution < 1.29 is 9.59 Å². The molecule has 1 saturated heterocycles. The van der Waals surface area contributed by atoms with E-state index in [0.717, 1.165) is 13.1 Å². The van der Waals surface area contributed by atoms with Gasteiger partial charge in [0, 0.05) is 6.54 Å². The van der Waals surface area contributed by atoms with Gasteiger partial charge in [-0.2, -0.15) is 0 Å². The molecule has 0 aromatic heterocycles. The van der Waals surface area contributed by atoms with Gasteiger partial charge in [0.2, 0.25) is 11.8 Å². The minimum atomic E-state index is -0.316. The Morgan fingerprint density at radius 2 is 2.12 bits per heavy atom. The Hall–Kier alpha value is -0.940. The van der Waals surface area contributed by atoms with Crippen LogP contribution in [0.1, 0.15) is 27.2 Å². The summed E-state index contributed by atoms with van der Waals surface area (Å²) < 4.78 is 0. The predicted octanol–water partition coefficient (Wildman–Crippen LogP) is -0.292. The number of nitrogens with one attached hydrogen (secondary N) is 1. The molecule has 0 spiro atoms. The number of hydrogen-bond acceptors (Lipinski definition) is 4. The van der Waals surface area contributed by atoms with Crippen molar-refractivity contribution in [3.63, 3.8) is 0 Å². The lowest BCUT2D eigenvalue weighted by Gasteiger charge is -2.33. The number of rotatable bonds is 5. The highest BCUT2D eigenvalue weighted by molar-refractivity contribution is 6.05. The van der Waals surface area contributed by atoms with Gasteiger partial charge in [-0.1, -0.05) is 20.8 Å². The molecule has 1 unspecified atom stereocenters. The van der Waals surface area contributed by atoms with Gasteiger partial charge in [-0.15, -0.1) is 0 Å². The molecule has 0 saturated carbocycles. The van der Waals surface area contributed by atoms with E-state index >= 15 is 0 Å². The van der Waals surface area contributed by atoms with E-state index in [1.165, 1.54) is 0 Å². The number of amides is 2. The van der Waals surface area contributed by atoms with Crippen LogP contribution in [-0.2, 0) is 9.59 Å². The molecular formula is C11H21N3O2. The van der Waals surface area contributed by atoms with Crippen LogP contribution in [0.2, 0.25) is 0 Å². The zero-order valence-corrected chi connectivity index (χ0v) is 10.2. The molecule has 1 heterocycles. The lowest BCUT2D eigenvalue weighted by Crippen LogP contribution is -2.46. The third kappa shape index (κ3) is 3.02. The fourth-order valence-electron chi connectivity index (χ4n) is 1.89. The predicted molar refractivity (Wildman–Crippen MR) is 61.6 cm³/mol. The number of carbonyl (C=O) groups excluding carboxylic acids is 2. The first-order valence-corrected chi connectivity index (χ1v) is 5.67. The molecule has 0 radical (unpaired) electrons. The van der Waals surface area contributed by atoms with Crippen LogP contribution in [0, 0.1) is 5.41 Å². The van der Waals surface area contributed by atoms with Crippen molar-refractivity contribution in [1.29, 1.82) is 0 Å². The number of nitrogens with zero attached hydrogens (tertiary/aromatic N) is 1. The van der Waals surface area contributed by atoms with Crippen LogP contribution >= 0.6 is 0 Å². The molecule has 0 aromatic rings. The Kier molecular flexibility index (Phi) is 4.04. The monoisotopic (exact) mass is 227 g/mol. The van der Waals surface area contributed by atoms with E-state index in [0.29, 0.717) is 6.54 Å². The lowest BCUT2D eigenvalue weighted by atomic mass is 9.92. The molecule has 5 nitrogen and oxygen atoms in total. The van der Waals surface area contributed by atoms with Gasteiger partial charge in [-0.3, -0.25) is 19.8 Å². The molecule has 16 heavy (non-hydrogen) atoms. The minimum Gasteiger partial charge on any atom is -0.330 e. The van der Waals surface area contributed by atoms with Crippen LogP contribution in [0.4, 0.5) is 0 Å². The highest BCUT2D eigenvalue weighted by Crippen LogP contribution is 2.19. The summed E-state index contributed by atoms with van der Waals surface area (Å²) in [5.41, 5.74) is 5.64. The summed E-state index contributed by atoms with van der Waals surface area (Å²) in [6.07, 6.45) is 0.271. The maximum atomic E-state index is 11.6. The zero-order valence-electron chi connectivity index (χ0n) is 10.2. The van der Waals surface area contributed by atoms with Crippen molar-refractivity contribution in [3.05, 3.63) is 0 Å². The normalized spacial score (nSPS) is 21.7. The largest absolute Gasteiger partial charge is 0.330 e. The second-order valence-electron chi connectivity index (χ2n) is 5.06. The number of nitrogens with two attached hydrogens (primary N) is 1. The van der Waals surface area contributed by atoms with Crippen LogP contribution in [-0.4, -0.2) is 42.4 Å². The lowest BCUT2D eigenvalue weighted by molar-refractivity contribution is -0.126. The van der Waals surface area contributed by atoms with Crippen LogP contribution < -0.4 is 11.1 Å². The first-order chi connectivity index (χ1) is 7.39. The third-order valence-corrected chi connectivity index (χ3v) is 2.97. The van der Waals surface area contributed by atoms with Gasteiger partial charge < -0.3 is 5.73 Å². The average molecular weight is 227 g/mol. The maximum absolute atomic E-state index is 11.6. The van der Waals surface area contributed by atoms with Gasteiger partial charge in [-0.25, -0.2) is 0 Å². The number of imide groups is 1. The summed E-state index contributed by atoms with van der Waals surface area (Å²) in [5, 5.41) is 2.33. The molecule has 0 aliphatic carbocycles. The van der Waals surface area contributed by atoms with Gasteiger partial charge in [0.25, 0.3) is 0 Å².